The molecule has 160 valence electrons. The van der Waals surface area contributed by atoms with Gasteiger partial charge in [0.2, 0.25) is 0 Å². The van der Waals surface area contributed by atoms with E-state index in [0.29, 0.717) is 59.0 Å². The average molecular weight is 432 g/mol. The van der Waals surface area contributed by atoms with Gasteiger partial charge in [-0.25, -0.2) is 0 Å². The lowest BCUT2D eigenvalue weighted by molar-refractivity contribution is 0.0306. The molecule has 27 heavy (non-hydrogen) atoms. The number of aliphatic hydroxyl groups is 1. The Morgan fingerprint density at radius 3 is 1.96 bits per heavy atom. The van der Waals surface area contributed by atoms with E-state index in [0.717, 1.165) is 0 Å². The molecule has 11 nitrogen and oxygen atoms in total. The topological polar surface area (TPSA) is 148 Å². The van der Waals surface area contributed by atoms with Crippen LogP contribution in [0, 0.1) is 0 Å². The maximum absolute atomic E-state index is 12.1. The predicted molar refractivity (Wildman–Crippen MR) is 97.9 cm³/mol. The number of nitrogens with zero attached hydrogens (tertiary/aromatic N) is 3. The van der Waals surface area contributed by atoms with Gasteiger partial charge in [-0.05, 0) is 0 Å². The second kappa shape index (κ2) is 9.89. The maximum Gasteiger partial charge on any atom is 0.270 e. The van der Waals surface area contributed by atoms with Crippen molar-refractivity contribution in [2.75, 3.05) is 77.9 Å². The van der Waals surface area contributed by atoms with Gasteiger partial charge in [0, 0.05) is 58.4 Å². The monoisotopic (exact) mass is 431 g/mol. The molecule has 0 amide bonds. The fourth-order valence-corrected chi connectivity index (χ4v) is 5.64. The Kier molecular flexibility index (Phi) is 8.39. The van der Waals surface area contributed by atoms with Gasteiger partial charge < -0.3 is 9.84 Å². The van der Waals surface area contributed by atoms with Crippen LogP contribution in [0.4, 0.5) is 0 Å². The predicted octanol–water partition coefficient (Wildman–Crippen LogP) is -2.56. The van der Waals surface area contributed by atoms with Crippen LogP contribution in [-0.2, 0) is 25.0 Å². The molecule has 2 saturated heterocycles. The Labute approximate surface area is 160 Å². The first-order chi connectivity index (χ1) is 12.6. The fourth-order valence-electron chi connectivity index (χ4n) is 3.58. The summed E-state index contributed by atoms with van der Waals surface area (Å²) in [4.78, 5) is 5.47. The van der Waals surface area contributed by atoms with Gasteiger partial charge in [0.25, 0.3) is 20.2 Å². The zero-order chi connectivity index (χ0) is 20.1. The van der Waals surface area contributed by atoms with Crippen molar-refractivity contribution in [3.05, 3.63) is 0 Å². The van der Waals surface area contributed by atoms with E-state index in [1.165, 1.54) is 0 Å². The Balaban J connectivity index is 2.20. The smallest absolute Gasteiger partial charge is 0.270 e. The first-order valence-electron chi connectivity index (χ1n) is 8.89. The molecule has 2 fully saturated rings. The third kappa shape index (κ3) is 7.51. The molecule has 2 aliphatic heterocycles. The minimum absolute atomic E-state index is 0.000870. The number of hydrogen-bond acceptors (Lipinski definition) is 9. The van der Waals surface area contributed by atoms with Crippen molar-refractivity contribution in [2.45, 2.75) is 11.3 Å². The van der Waals surface area contributed by atoms with Crippen LogP contribution >= 0.6 is 0 Å². The van der Waals surface area contributed by atoms with Gasteiger partial charge in [0.15, 0.2) is 0 Å². The second-order valence-corrected chi connectivity index (χ2v) is 10.0. The van der Waals surface area contributed by atoms with E-state index < -0.39 is 37.3 Å². The summed E-state index contributed by atoms with van der Waals surface area (Å²) in [5.74, 6) is -0.776. The van der Waals surface area contributed by atoms with E-state index in [-0.39, 0.29) is 13.2 Å². The zero-order valence-electron chi connectivity index (χ0n) is 15.2. The van der Waals surface area contributed by atoms with Crippen LogP contribution in [0.25, 0.3) is 0 Å². The van der Waals surface area contributed by atoms with E-state index in [1.807, 2.05) is 4.90 Å². The molecule has 0 aliphatic carbocycles. The maximum atomic E-state index is 12.1. The van der Waals surface area contributed by atoms with Crippen molar-refractivity contribution in [1.82, 2.24) is 14.7 Å². The van der Waals surface area contributed by atoms with E-state index in [1.54, 1.807) is 9.80 Å². The summed E-state index contributed by atoms with van der Waals surface area (Å²) in [7, 11) is -9.02. The Hall–Kier alpha value is -0.380. The molecule has 2 unspecified atom stereocenters. The van der Waals surface area contributed by atoms with Gasteiger partial charge in [-0.15, -0.1) is 0 Å². The van der Waals surface area contributed by atoms with Crippen molar-refractivity contribution in [3.63, 3.8) is 0 Å². The van der Waals surface area contributed by atoms with Crippen LogP contribution in [0.5, 0.6) is 0 Å². The van der Waals surface area contributed by atoms with Crippen LogP contribution < -0.4 is 0 Å². The van der Waals surface area contributed by atoms with E-state index >= 15 is 0 Å². The van der Waals surface area contributed by atoms with Crippen molar-refractivity contribution in [2.24, 2.45) is 0 Å². The van der Waals surface area contributed by atoms with Crippen molar-refractivity contribution < 1.29 is 35.8 Å². The molecule has 0 radical (unpaired) electrons. The molecule has 0 aromatic carbocycles. The summed E-state index contributed by atoms with van der Waals surface area (Å²) in [6.45, 7) is 4.05. The largest absolute Gasteiger partial charge is 0.395 e. The number of ether oxygens (including phenoxy) is 1. The van der Waals surface area contributed by atoms with Gasteiger partial charge in [0.05, 0.1) is 25.6 Å². The first kappa shape index (κ1) is 22.9. The average Bonchev–Trinajstić information content (AvgIpc) is 2.58. The highest BCUT2D eigenvalue weighted by molar-refractivity contribution is 7.87. The molecule has 13 heteroatoms. The molecule has 3 N–H and O–H groups in total. The highest BCUT2D eigenvalue weighted by Gasteiger charge is 2.40. The summed E-state index contributed by atoms with van der Waals surface area (Å²) < 4.78 is 71.7. The molecule has 2 atom stereocenters. The normalized spacial score (nSPS) is 24.0. The van der Waals surface area contributed by atoms with Gasteiger partial charge >= 0.3 is 0 Å². The second-order valence-electron chi connectivity index (χ2n) is 6.88. The van der Waals surface area contributed by atoms with Gasteiger partial charge in [-0.3, -0.25) is 23.8 Å². The number of hydrogen-bond donors (Lipinski definition) is 3. The molecule has 2 heterocycles. The minimum Gasteiger partial charge on any atom is -0.395 e. The van der Waals surface area contributed by atoms with E-state index in [2.05, 4.69) is 0 Å². The molecule has 0 saturated carbocycles. The van der Waals surface area contributed by atoms with Crippen LogP contribution in [-0.4, -0.2) is 135 Å². The highest BCUT2D eigenvalue weighted by Crippen LogP contribution is 2.19. The van der Waals surface area contributed by atoms with Crippen LogP contribution in [0.1, 0.15) is 0 Å². The first-order valence-corrected chi connectivity index (χ1v) is 12.0. The lowest BCUT2D eigenvalue weighted by Gasteiger charge is -2.42. The number of piperazine rings is 1. The fraction of sp³-hybridized carbons (Fsp3) is 1.00. The molecule has 0 spiro atoms. The molecule has 0 aromatic rings. The summed E-state index contributed by atoms with van der Waals surface area (Å²) in [6.07, 6.45) is 0. The number of rotatable bonds is 9. The van der Waals surface area contributed by atoms with Crippen molar-refractivity contribution >= 4 is 20.2 Å². The van der Waals surface area contributed by atoms with Gasteiger partial charge in [-0.1, -0.05) is 0 Å². The third-order valence-corrected chi connectivity index (χ3v) is 7.02. The molecule has 2 rings (SSSR count). The summed E-state index contributed by atoms with van der Waals surface area (Å²) >= 11 is 0. The van der Waals surface area contributed by atoms with Crippen molar-refractivity contribution in [3.8, 4) is 0 Å². The minimum atomic E-state index is -4.56. The van der Waals surface area contributed by atoms with Crippen LogP contribution in [0.2, 0.25) is 0 Å². The standard InChI is InChI=1S/C14H29N3O8S2/c18-8-5-15-1-3-17(4-2-15)13(12-26(19,20)21)14(27(22,23)24)11-16-6-9-25-10-7-16/h13-14,18H,1-12H2,(H,19,20,21)(H,22,23,24). The molecule has 0 aromatic heterocycles. The lowest BCUT2D eigenvalue weighted by Crippen LogP contribution is -2.60. The molecule has 0 bridgehead atoms. The molecular formula is C14H29N3O8S2. The molecular weight excluding hydrogens is 402 g/mol. The Morgan fingerprint density at radius 1 is 0.889 bits per heavy atom. The Bertz CT molecular complexity index is 658. The lowest BCUT2D eigenvalue weighted by atomic mass is 10.1. The SMILES string of the molecule is O=S(=O)(O)CC(C(CN1CCOCC1)S(=O)(=O)O)N1CCN(CCO)CC1. The van der Waals surface area contributed by atoms with Crippen LogP contribution in [0.15, 0.2) is 0 Å². The number of aliphatic hydroxyl groups excluding tert-OH is 1. The zero-order valence-corrected chi connectivity index (χ0v) is 16.8. The quantitative estimate of drug-likeness (QED) is 0.331. The van der Waals surface area contributed by atoms with E-state index in [9.17, 15) is 25.9 Å². The number of morpholine rings is 1. The van der Waals surface area contributed by atoms with Crippen molar-refractivity contribution in [1.29, 1.82) is 0 Å². The highest BCUT2D eigenvalue weighted by atomic mass is 32.2. The molecule has 2 aliphatic rings. The summed E-state index contributed by atoms with van der Waals surface area (Å²) in [5, 5.41) is 7.65. The van der Waals surface area contributed by atoms with Gasteiger partial charge in [-0.2, -0.15) is 16.8 Å². The van der Waals surface area contributed by atoms with E-state index in [4.69, 9.17) is 9.84 Å². The summed E-state index contributed by atoms with van der Waals surface area (Å²) in [5.41, 5.74) is 0. The number of β-amino-alcohol motifs (C(OH)–C–C–N with tert-alkyl or cyclic N) is 1. The van der Waals surface area contributed by atoms with Gasteiger partial charge in [0.1, 0.15) is 5.25 Å². The third-order valence-electron chi connectivity index (χ3n) is 5.03. The van der Waals surface area contributed by atoms with Crippen LogP contribution in [0.3, 0.4) is 0 Å². The summed E-state index contributed by atoms with van der Waals surface area (Å²) in [6, 6.07) is -1.07. The Morgan fingerprint density at radius 2 is 1.48 bits per heavy atom.